The molecule has 0 amide bonds. The van der Waals surface area contributed by atoms with Crippen molar-refractivity contribution in [3.63, 3.8) is 0 Å². The number of phenolic OH excluding ortho intramolecular Hbond substituents is 1. The Morgan fingerprint density at radius 2 is 1.93 bits per heavy atom. The van der Waals surface area contributed by atoms with Crippen LogP contribution in [-0.2, 0) is 6.54 Å². The van der Waals surface area contributed by atoms with E-state index in [0.717, 1.165) is 37.2 Å². The molecule has 0 spiro atoms. The zero-order valence-corrected chi connectivity index (χ0v) is 18.4. The highest BCUT2D eigenvalue weighted by molar-refractivity contribution is 5.32. The fourth-order valence-corrected chi connectivity index (χ4v) is 3.13. The zero-order valence-electron chi connectivity index (χ0n) is 18.4. The Labute approximate surface area is 172 Å². The third-order valence-electron chi connectivity index (χ3n) is 4.48. The molecule has 28 heavy (non-hydrogen) atoms. The molecule has 1 saturated heterocycles. The first kappa shape index (κ1) is 26.0. The molecule has 0 saturated carbocycles. The molecule has 4 heteroatoms. The highest BCUT2D eigenvalue weighted by atomic mass is 16.3. The van der Waals surface area contributed by atoms with E-state index in [2.05, 4.69) is 16.8 Å². The van der Waals surface area contributed by atoms with Gasteiger partial charge in [0.15, 0.2) is 0 Å². The highest BCUT2D eigenvalue weighted by Crippen LogP contribution is 2.24. The van der Waals surface area contributed by atoms with Crippen molar-refractivity contribution in [2.75, 3.05) is 19.6 Å². The Balaban J connectivity index is 0.00000171. The molecule has 1 aliphatic heterocycles. The van der Waals surface area contributed by atoms with Crippen LogP contribution in [0.4, 0.5) is 0 Å². The molecule has 1 unspecified atom stereocenters. The fourth-order valence-electron chi connectivity index (χ4n) is 3.13. The Hall–Kier alpha value is -2.04. The van der Waals surface area contributed by atoms with Crippen molar-refractivity contribution in [2.24, 2.45) is 0 Å². The average molecular weight is 389 g/mol. The minimum atomic E-state index is 0.292. The van der Waals surface area contributed by atoms with E-state index in [1.807, 2.05) is 58.9 Å². The van der Waals surface area contributed by atoms with Gasteiger partial charge in [-0.25, -0.2) is 0 Å². The van der Waals surface area contributed by atoms with Gasteiger partial charge < -0.3 is 15.5 Å². The first-order chi connectivity index (χ1) is 13.7. The minimum absolute atomic E-state index is 0.292. The van der Waals surface area contributed by atoms with Crippen LogP contribution in [0.3, 0.4) is 0 Å². The Bertz CT molecular complexity index is 608. The predicted octanol–water partition coefficient (Wildman–Crippen LogP) is 5.57. The summed E-state index contributed by atoms with van der Waals surface area (Å²) in [5.74, 6) is 0.658. The molecule has 1 heterocycles. The molecule has 1 fully saturated rings. The first-order valence-electron chi connectivity index (χ1n) is 10.5. The number of hydrogen-bond acceptors (Lipinski definition) is 4. The molecule has 0 radical (unpaired) electrons. The summed E-state index contributed by atoms with van der Waals surface area (Å²) in [5.41, 5.74) is 1.82. The van der Waals surface area contributed by atoms with Gasteiger partial charge in [-0.3, -0.25) is 4.90 Å². The smallest absolute Gasteiger partial charge is 0.120 e. The molecule has 0 bridgehead atoms. The van der Waals surface area contributed by atoms with Crippen LogP contribution in [0.2, 0.25) is 0 Å². The van der Waals surface area contributed by atoms with E-state index < -0.39 is 0 Å². The van der Waals surface area contributed by atoms with Crippen molar-refractivity contribution in [3.8, 4) is 5.75 Å². The molecule has 4 nitrogen and oxygen atoms in total. The predicted molar refractivity (Wildman–Crippen MR) is 122 cm³/mol. The molecular formula is C24H40N2O2. The van der Waals surface area contributed by atoms with E-state index in [4.69, 9.17) is 0 Å². The van der Waals surface area contributed by atoms with Crippen molar-refractivity contribution >= 4 is 0 Å². The minimum Gasteiger partial charge on any atom is -0.508 e. The summed E-state index contributed by atoms with van der Waals surface area (Å²) in [6, 6.07) is 7.98. The quantitative estimate of drug-likeness (QED) is 0.402. The number of benzene rings is 1. The van der Waals surface area contributed by atoms with Crippen molar-refractivity contribution in [2.45, 2.75) is 60.0 Å². The van der Waals surface area contributed by atoms with E-state index in [0.29, 0.717) is 24.1 Å². The number of nitrogens with one attached hydrogen (secondary N) is 1. The van der Waals surface area contributed by atoms with Gasteiger partial charge in [0, 0.05) is 36.8 Å². The maximum absolute atomic E-state index is 9.96. The number of allylic oxidation sites excluding steroid dienone is 3. The van der Waals surface area contributed by atoms with Gasteiger partial charge in [0.05, 0.1) is 0 Å². The largest absolute Gasteiger partial charge is 0.508 e. The van der Waals surface area contributed by atoms with Gasteiger partial charge >= 0.3 is 0 Å². The fraction of sp³-hybridized carbons (Fsp3) is 0.500. The summed E-state index contributed by atoms with van der Waals surface area (Å²) in [7, 11) is 0. The second-order valence-electron chi connectivity index (χ2n) is 6.13. The van der Waals surface area contributed by atoms with E-state index in [1.54, 1.807) is 18.2 Å². The summed E-state index contributed by atoms with van der Waals surface area (Å²) >= 11 is 0. The molecule has 1 aromatic carbocycles. The summed E-state index contributed by atoms with van der Waals surface area (Å²) in [5, 5.41) is 23.3. The van der Waals surface area contributed by atoms with Gasteiger partial charge in [-0.15, -0.1) is 0 Å². The van der Waals surface area contributed by atoms with E-state index >= 15 is 0 Å². The number of para-hydroxylation sites is 1. The first-order valence-corrected chi connectivity index (χ1v) is 10.5. The monoisotopic (exact) mass is 388 g/mol. The van der Waals surface area contributed by atoms with Crippen molar-refractivity contribution in [1.82, 2.24) is 10.2 Å². The topological polar surface area (TPSA) is 55.7 Å². The van der Waals surface area contributed by atoms with Crippen LogP contribution < -0.4 is 5.32 Å². The number of aliphatic hydroxyl groups excluding tert-OH is 1. The summed E-state index contributed by atoms with van der Waals surface area (Å²) in [4.78, 5) is 2.41. The number of phenols is 1. The van der Waals surface area contributed by atoms with Crippen LogP contribution in [0.15, 0.2) is 60.4 Å². The molecule has 1 aliphatic rings. The van der Waals surface area contributed by atoms with Gasteiger partial charge in [0.25, 0.3) is 0 Å². The second kappa shape index (κ2) is 16.0. The van der Waals surface area contributed by atoms with Crippen molar-refractivity contribution < 1.29 is 10.2 Å². The van der Waals surface area contributed by atoms with E-state index in [9.17, 15) is 10.2 Å². The summed E-state index contributed by atoms with van der Waals surface area (Å²) < 4.78 is 0. The van der Waals surface area contributed by atoms with Gasteiger partial charge in [0.2, 0.25) is 0 Å². The Kier molecular flexibility index (Phi) is 14.8. The van der Waals surface area contributed by atoms with Gasteiger partial charge in [-0.2, -0.15) is 0 Å². The molecule has 0 aliphatic carbocycles. The van der Waals surface area contributed by atoms with Crippen LogP contribution in [0.5, 0.6) is 5.75 Å². The molecule has 0 aromatic heterocycles. The summed E-state index contributed by atoms with van der Waals surface area (Å²) in [6.45, 7) is 16.8. The molecule has 158 valence electrons. The molecule has 1 atom stereocenters. The SMILES string of the molecule is C=C/C=C(CNCC1CCCN1Cc1ccccc1O)\C(O)=C/C.CC.CC. The van der Waals surface area contributed by atoms with Crippen molar-refractivity contribution in [1.29, 1.82) is 0 Å². The molecule has 2 rings (SSSR count). The van der Waals surface area contributed by atoms with Crippen LogP contribution in [0.25, 0.3) is 0 Å². The van der Waals surface area contributed by atoms with Crippen LogP contribution in [-0.4, -0.2) is 40.8 Å². The lowest BCUT2D eigenvalue weighted by Gasteiger charge is -2.25. The number of aromatic hydroxyl groups is 1. The van der Waals surface area contributed by atoms with Crippen molar-refractivity contribution in [3.05, 3.63) is 66.0 Å². The number of aliphatic hydroxyl groups is 1. The lowest BCUT2D eigenvalue weighted by atomic mass is 10.1. The number of hydrogen-bond donors (Lipinski definition) is 3. The van der Waals surface area contributed by atoms with Crippen LogP contribution in [0.1, 0.15) is 53.0 Å². The van der Waals surface area contributed by atoms with Crippen LogP contribution in [0, 0.1) is 0 Å². The number of rotatable bonds is 8. The normalized spacial score (nSPS) is 17.2. The van der Waals surface area contributed by atoms with Gasteiger partial charge in [-0.1, -0.05) is 64.6 Å². The Morgan fingerprint density at radius 1 is 1.25 bits per heavy atom. The zero-order chi connectivity index (χ0) is 21.4. The molecule has 3 N–H and O–H groups in total. The number of likely N-dealkylation sites (tertiary alicyclic amines) is 1. The average Bonchev–Trinajstić information content (AvgIpc) is 3.18. The standard InChI is InChI=1S/C20H28N2O2.2C2H6/c1-3-8-16(19(23)4-2)13-21-14-18-10-7-12-22(18)15-17-9-5-6-11-20(17)24;2*1-2/h3-6,8-9,11,18,21,23-24H,1,7,10,12-15H2,2H3;2*1-2H3/b16-8-,19-4+;;. The number of nitrogens with zero attached hydrogens (tertiary/aromatic N) is 1. The van der Waals surface area contributed by atoms with Crippen LogP contribution >= 0.6 is 0 Å². The third-order valence-corrected chi connectivity index (χ3v) is 4.48. The maximum atomic E-state index is 9.96. The molecular weight excluding hydrogens is 348 g/mol. The van der Waals surface area contributed by atoms with Gasteiger partial charge in [-0.05, 0) is 38.5 Å². The molecule has 1 aromatic rings. The third kappa shape index (κ3) is 8.77. The Morgan fingerprint density at radius 3 is 2.54 bits per heavy atom. The summed E-state index contributed by atoms with van der Waals surface area (Å²) in [6.07, 6.45) is 7.54. The lowest BCUT2D eigenvalue weighted by molar-refractivity contribution is 0.237. The highest BCUT2D eigenvalue weighted by Gasteiger charge is 2.24. The van der Waals surface area contributed by atoms with Gasteiger partial charge in [0.1, 0.15) is 11.5 Å². The maximum Gasteiger partial charge on any atom is 0.120 e. The second-order valence-corrected chi connectivity index (χ2v) is 6.13. The van der Waals surface area contributed by atoms with E-state index in [-0.39, 0.29) is 0 Å². The lowest BCUT2D eigenvalue weighted by Crippen LogP contribution is -2.38. The van der Waals surface area contributed by atoms with E-state index in [1.165, 1.54) is 6.42 Å².